The van der Waals surface area contributed by atoms with Crippen molar-refractivity contribution in [3.8, 4) is 0 Å². The molecular weight excluding hydrogens is 240 g/mol. The van der Waals surface area contributed by atoms with E-state index in [2.05, 4.69) is 15.5 Å². The average Bonchev–Trinajstić information content (AvgIpc) is 2.95. The second-order valence-electron chi connectivity index (χ2n) is 4.43. The van der Waals surface area contributed by atoms with Gasteiger partial charge in [0.25, 0.3) is 5.56 Å². The maximum absolute atomic E-state index is 11.9. The van der Waals surface area contributed by atoms with Gasteiger partial charge in [-0.1, -0.05) is 18.2 Å². The summed E-state index contributed by atoms with van der Waals surface area (Å²) in [5, 5.41) is 11.0. The van der Waals surface area contributed by atoms with Gasteiger partial charge in [0.05, 0.1) is 11.7 Å². The lowest BCUT2D eigenvalue weighted by Gasteiger charge is -2.11. The van der Waals surface area contributed by atoms with Gasteiger partial charge in [-0.2, -0.15) is 5.10 Å². The van der Waals surface area contributed by atoms with Crippen molar-refractivity contribution in [3.63, 3.8) is 0 Å². The number of benzene rings is 1. The lowest BCUT2D eigenvalue weighted by Crippen LogP contribution is -2.17. The number of nitrogens with one attached hydrogen (secondary N) is 2. The first kappa shape index (κ1) is 11.5. The van der Waals surface area contributed by atoms with Crippen molar-refractivity contribution in [2.75, 3.05) is 5.32 Å². The molecule has 3 rings (SSSR count). The van der Waals surface area contributed by atoms with Crippen LogP contribution in [0.1, 0.15) is 5.56 Å². The van der Waals surface area contributed by atoms with E-state index in [0.717, 1.165) is 22.2 Å². The van der Waals surface area contributed by atoms with Gasteiger partial charge in [0, 0.05) is 42.5 Å². The Bertz CT molecular complexity index is 759. The fourth-order valence-corrected chi connectivity index (χ4v) is 2.13. The summed E-state index contributed by atoms with van der Waals surface area (Å²) in [6, 6.07) is 9.48. The quantitative estimate of drug-likeness (QED) is 0.750. The molecule has 0 aliphatic heterocycles. The minimum absolute atomic E-state index is 0.0200. The fourth-order valence-electron chi connectivity index (χ4n) is 2.13. The molecule has 0 amide bonds. The van der Waals surface area contributed by atoms with Crippen LogP contribution in [0.3, 0.4) is 0 Å². The minimum atomic E-state index is -0.0200. The molecule has 0 aliphatic rings. The average molecular weight is 254 g/mol. The second kappa shape index (κ2) is 4.61. The summed E-state index contributed by atoms with van der Waals surface area (Å²) >= 11 is 0. The van der Waals surface area contributed by atoms with Crippen molar-refractivity contribution in [2.24, 2.45) is 7.05 Å². The lowest BCUT2D eigenvalue weighted by atomic mass is 10.1. The number of nitrogens with zero attached hydrogens (tertiary/aromatic N) is 2. The van der Waals surface area contributed by atoms with Crippen molar-refractivity contribution in [1.29, 1.82) is 0 Å². The smallest absolute Gasteiger partial charge is 0.252 e. The summed E-state index contributed by atoms with van der Waals surface area (Å²) in [7, 11) is 1.78. The van der Waals surface area contributed by atoms with Crippen LogP contribution < -0.4 is 10.9 Å². The fraction of sp³-hybridized carbons (Fsp3) is 0.143. The molecular formula is C14H14N4O. The monoisotopic (exact) mass is 254 g/mol. The Morgan fingerprint density at radius 1 is 1.37 bits per heavy atom. The molecule has 0 saturated heterocycles. The van der Waals surface area contributed by atoms with E-state index in [1.165, 1.54) is 0 Å². The van der Waals surface area contributed by atoms with Gasteiger partial charge in [0.1, 0.15) is 0 Å². The summed E-state index contributed by atoms with van der Waals surface area (Å²) in [4.78, 5) is 11.9. The summed E-state index contributed by atoms with van der Waals surface area (Å²) in [5.74, 6) is 0. The number of para-hydroxylation sites is 1. The van der Waals surface area contributed by atoms with Crippen LogP contribution in [0.4, 0.5) is 5.69 Å². The van der Waals surface area contributed by atoms with Gasteiger partial charge in [-0.05, 0) is 6.07 Å². The molecule has 3 aromatic rings. The van der Waals surface area contributed by atoms with Crippen molar-refractivity contribution in [1.82, 2.24) is 14.8 Å². The number of aromatic amines is 1. The Labute approximate surface area is 109 Å². The number of hydrogen-bond donors (Lipinski definition) is 2. The molecule has 2 heterocycles. The topological polar surface area (TPSA) is 62.7 Å². The molecule has 5 nitrogen and oxygen atoms in total. The third kappa shape index (κ3) is 2.10. The maximum Gasteiger partial charge on any atom is 0.252 e. The number of H-pyrrole nitrogens is 1. The Morgan fingerprint density at radius 3 is 3.00 bits per heavy atom. The molecule has 0 aliphatic carbocycles. The van der Waals surface area contributed by atoms with E-state index in [0.29, 0.717) is 6.54 Å². The van der Waals surface area contributed by atoms with E-state index in [9.17, 15) is 4.79 Å². The highest BCUT2D eigenvalue weighted by atomic mass is 16.1. The Kier molecular flexibility index (Phi) is 2.79. The highest BCUT2D eigenvalue weighted by molar-refractivity contribution is 5.91. The number of rotatable bonds is 3. The SMILES string of the molecule is Cn1c(=O)cc(NCc2cn[nH]c2)c2ccccc21. The Hall–Kier alpha value is -2.56. The maximum atomic E-state index is 11.9. The molecule has 0 spiro atoms. The zero-order valence-corrected chi connectivity index (χ0v) is 10.6. The van der Waals surface area contributed by atoms with Crippen LogP contribution in [-0.4, -0.2) is 14.8 Å². The molecule has 0 saturated carbocycles. The van der Waals surface area contributed by atoms with Gasteiger partial charge in [-0.15, -0.1) is 0 Å². The van der Waals surface area contributed by atoms with Gasteiger partial charge in [-0.25, -0.2) is 0 Å². The Balaban J connectivity index is 2.03. The van der Waals surface area contributed by atoms with Gasteiger partial charge in [0.15, 0.2) is 0 Å². The van der Waals surface area contributed by atoms with Crippen LogP contribution >= 0.6 is 0 Å². The van der Waals surface area contributed by atoms with Crippen molar-refractivity contribution >= 4 is 16.6 Å². The molecule has 0 radical (unpaired) electrons. The van der Waals surface area contributed by atoms with E-state index in [-0.39, 0.29) is 5.56 Å². The summed E-state index contributed by atoms with van der Waals surface area (Å²) in [5.41, 5.74) is 2.79. The van der Waals surface area contributed by atoms with Crippen LogP contribution in [0, 0.1) is 0 Å². The highest BCUT2D eigenvalue weighted by Crippen LogP contribution is 2.21. The van der Waals surface area contributed by atoms with Crippen LogP contribution in [-0.2, 0) is 13.6 Å². The van der Waals surface area contributed by atoms with Crippen molar-refractivity contribution in [2.45, 2.75) is 6.54 Å². The van der Waals surface area contributed by atoms with E-state index in [1.54, 1.807) is 23.9 Å². The number of anilines is 1. The van der Waals surface area contributed by atoms with E-state index < -0.39 is 0 Å². The largest absolute Gasteiger partial charge is 0.380 e. The van der Waals surface area contributed by atoms with Crippen LogP contribution in [0.5, 0.6) is 0 Å². The molecule has 96 valence electrons. The minimum Gasteiger partial charge on any atom is -0.380 e. The predicted octanol–water partition coefficient (Wildman–Crippen LogP) is 1.87. The molecule has 0 atom stereocenters. The van der Waals surface area contributed by atoms with Crippen molar-refractivity contribution < 1.29 is 0 Å². The first-order valence-electron chi connectivity index (χ1n) is 6.06. The van der Waals surface area contributed by atoms with Gasteiger partial charge < -0.3 is 9.88 Å². The molecule has 5 heteroatoms. The summed E-state index contributed by atoms with van der Waals surface area (Å²) in [6.45, 7) is 0.633. The first-order chi connectivity index (χ1) is 9.25. The molecule has 19 heavy (non-hydrogen) atoms. The van der Waals surface area contributed by atoms with E-state index in [4.69, 9.17) is 0 Å². The highest BCUT2D eigenvalue weighted by Gasteiger charge is 2.05. The van der Waals surface area contributed by atoms with Crippen molar-refractivity contribution in [3.05, 3.63) is 58.6 Å². The predicted molar refractivity (Wildman–Crippen MR) is 75.1 cm³/mol. The summed E-state index contributed by atoms with van der Waals surface area (Å²) < 4.78 is 1.65. The molecule has 2 aromatic heterocycles. The Morgan fingerprint density at radius 2 is 2.21 bits per heavy atom. The normalized spacial score (nSPS) is 10.8. The second-order valence-corrected chi connectivity index (χ2v) is 4.43. The number of pyridine rings is 1. The molecule has 0 bridgehead atoms. The molecule has 0 fully saturated rings. The standard InChI is InChI=1S/C14H14N4O/c1-18-13-5-3-2-4-11(13)12(6-14(18)19)15-7-10-8-16-17-9-10/h2-6,8-9,15H,7H2,1H3,(H,16,17). The first-order valence-corrected chi connectivity index (χ1v) is 6.06. The zero-order chi connectivity index (χ0) is 13.2. The van der Waals surface area contributed by atoms with Gasteiger partial charge >= 0.3 is 0 Å². The molecule has 0 unspecified atom stereocenters. The van der Waals surface area contributed by atoms with Crippen LogP contribution in [0.15, 0.2) is 47.5 Å². The third-order valence-electron chi connectivity index (χ3n) is 3.19. The molecule has 2 N–H and O–H groups in total. The van der Waals surface area contributed by atoms with E-state index >= 15 is 0 Å². The lowest BCUT2D eigenvalue weighted by molar-refractivity contribution is 0.905. The number of aryl methyl sites for hydroxylation is 1. The summed E-state index contributed by atoms with van der Waals surface area (Å²) in [6.07, 6.45) is 3.59. The van der Waals surface area contributed by atoms with Crippen LogP contribution in [0.2, 0.25) is 0 Å². The van der Waals surface area contributed by atoms with Gasteiger partial charge in [0.2, 0.25) is 0 Å². The number of hydrogen-bond acceptors (Lipinski definition) is 3. The third-order valence-corrected chi connectivity index (χ3v) is 3.19. The number of fused-ring (bicyclic) bond motifs is 1. The van der Waals surface area contributed by atoms with Gasteiger partial charge in [-0.3, -0.25) is 9.89 Å². The van der Waals surface area contributed by atoms with E-state index in [1.807, 2.05) is 30.5 Å². The van der Waals surface area contributed by atoms with Crippen LogP contribution in [0.25, 0.3) is 10.9 Å². The molecule has 1 aromatic carbocycles. The zero-order valence-electron chi connectivity index (χ0n) is 10.6. The number of aromatic nitrogens is 3.